The quantitative estimate of drug-likeness (QED) is 0.273. The number of benzene rings is 1. The van der Waals surface area contributed by atoms with Crippen LogP contribution in [-0.4, -0.2) is 81.9 Å². The SMILES string of the molecule is [2H]C1([2H])OC([2H])([2H])C([2H])([2H])N(c2ncnc3[nH]c(-c4ccc(NC(=O)c5cc(CN6CCC[C@@H](NC(=O)C=C)C6)ccn5)cc4)cc23)C1([2H])[2H]. The number of aromatic nitrogens is 4. The molecule has 216 valence electrons. The number of rotatable bonds is 8. The Kier molecular flexibility index (Phi) is 5.80. The molecule has 0 radical (unpaired) electrons. The number of piperidine rings is 1. The van der Waals surface area contributed by atoms with Gasteiger partial charge in [-0.05, 0) is 66.9 Å². The molecule has 3 N–H and O–H groups in total. The molecule has 1 aromatic carbocycles. The van der Waals surface area contributed by atoms with Crippen LogP contribution in [0.5, 0.6) is 0 Å². The highest BCUT2D eigenvalue weighted by Crippen LogP contribution is 2.29. The van der Waals surface area contributed by atoms with Crippen molar-refractivity contribution >= 4 is 34.4 Å². The summed E-state index contributed by atoms with van der Waals surface area (Å²) in [7, 11) is 0. The fourth-order valence-corrected chi connectivity index (χ4v) is 5.02. The van der Waals surface area contributed by atoms with Crippen LogP contribution in [0, 0.1) is 0 Å². The van der Waals surface area contributed by atoms with E-state index in [0.29, 0.717) is 34.9 Å². The number of ether oxygens (including phenoxy) is 1. The molecule has 11 nitrogen and oxygen atoms in total. The average Bonchev–Trinajstić information content (AvgIpc) is 3.49. The number of hydrogen-bond donors (Lipinski definition) is 3. The predicted molar refractivity (Wildman–Crippen MR) is 161 cm³/mol. The van der Waals surface area contributed by atoms with Crippen LogP contribution >= 0.6 is 0 Å². The monoisotopic (exact) mass is 574 g/mol. The molecule has 0 bridgehead atoms. The highest BCUT2D eigenvalue weighted by molar-refractivity contribution is 6.03. The van der Waals surface area contributed by atoms with Crippen LogP contribution in [-0.2, 0) is 16.1 Å². The van der Waals surface area contributed by atoms with E-state index >= 15 is 0 Å². The third kappa shape index (κ3) is 6.32. The fraction of sp³-hybridized carbons (Fsp3) is 0.323. The summed E-state index contributed by atoms with van der Waals surface area (Å²) in [4.78, 5) is 42.9. The van der Waals surface area contributed by atoms with Gasteiger partial charge in [0.25, 0.3) is 5.91 Å². The molecule has 2 aliphatic heterocycles. The zero-order valence-corrected chi connectivity index (χ0v) is 22.6. The van der Waals surface area contributed by atoms with Crippen LogP contribution in [0.15, 0.2) is 67.6 Å². The number of morpholine rings is 1. The maximum atomic E-state index is 13.1. The van der Waals surface area contributed by atoms with Gasteiger partial charge in [0, 0.05) is 49.7 Å². The van der Waals surface area contributed by atoms with Crippen LogP contribution < -0.4 is 15.5 Å². The standard InChI is InChI=1S/C31H34N8O3/c1-2-28(40)35-24-4-3-11-38(19-24)18-21-9-10-32-27(16-21)31(41)36-23-7-5-22(6-8-23)26-17-25-29(37-26)33-20-34-30(25)39-12-14-42-15-13-39/h2,5-10,16-17,20,24H,1,3-4,11-15,18-19H2,(H,35,40)(H,36,41)(H,33,34,37)/t24-/m1/s1/i12D2,13D2,14D2,15D2. The van der Waals surface area contributed by atoms with Crippen molar-refractivity contribution in [2.75, 3.05) is 49.4 Å². The molecule has 1 atom stereocenters. The van der Waals surface area contributed by atoms with Crippen molar-refractivity contribution in [2.24, 2.45) is 0 Å². The molecule has 2 fully saturated rings. The molecule has 0 saturated carbocycles. The minimum atomic E-state index is -3.24. The van der Waals surface area contributed by atoms with Gasteiger partial charge in [-0.15, -0.1) is 0 Å². The molecule has 4 aromatic rings. The minimum absolute atomic E-state index is 0.0308. The smallest absolute Gasteiger partial charge is 0.274 e. The van der Waals surface area contributed by atoms with E-state index in [4.69, 9.17) is 11.0 Å². The number of fused-ring (bicyclic) bond motifs is 1. The number of amides is 2. The van der Waals surface area contributed by atoms with Gasteiger partial charge in [-0.2, -0.15) is 0 Å². The van der Waals surface area contributed by atoms with Crippen LogP contribution in [0.1, 0.15) is 39.9 Å². The number of carbonyl (C=O) groups excluding carboxylic acids is 2. The van der Waals surface area contributed by atoms with E-state index in [1.807, 2.05) is 6.07 Å². The highest BCUT2D eigenvalue weighted by Gasteiger charge is 2.21. The van der Waals surface area contributed by atoms with E-state index in [1.54, 1.807) is 36.5 Å². The first-order valence-corrected chi connectivity index (χ1v) is 13.4. The Balaban J connectivity index is 1.18. The van der Waals surface area contributed by atoms with Gasteiger partial charge in [0.1, 0.15) is 23.5 Å². The van der Waals surface area contributed by atoms with Gasteiger partial charge >= 0.3 is 0 Å². The molecule has 42 heavy (non-hydrogen) atoms. The zero-order chi connectivity index (χ0) is 36.1. The number of nitrogens with zero attached hydrogens (tertiary/aromatic N) is 5. The summed E-state index contributed by atoms with van der Waals surface area (Å²) in [5.41, 5.74) is 2.89. The van der Waals surface area contributed by atoms with Crippen LogP contribution in [0.25, 0.3) is 22.3 Å². The predicted octanol–water partition coefficient (Wildman–Crippen LogP) is 3.38. The molecule has 0 aliphatic carbocycles. The second kappa shape index (κ2) is 12.5. The minimum Gasteiger partial charge on any atom is -0.378 e. The van der Waals surface area contributed by atoms with E-state index < -0.39 is 32.0 Å². The third-order valence-electron chi connectivity index (χ3n) is 6.99. The normalized spacial score (nSPS) is 25.2. The van der Waals surface area contributed by atoms with Crippen molar-refractivity contribution in [1.82, 2.24) is 30.2 Å². The third-order valence-corrected chi connectivity index (χ3v) is 6.99. The number of aromatic amines is 1. The molecule has 2 amide bonds. The summed E-state index contributed by atoms with van der Waals surface area (Å²) < 4.78 is 70.4. The number of anilines is 2. The lowest BCUT2D eigenvalue weighted by atomic mass is 10.0. The Morgan fingerprint density at radius 2 is 1.98 bits per heavy atom. The first kappa shape index (κ1) is 19.5. The molecule has 2 saturated heterocycles. The fourth-order valence-electron chi connectivity index (χ4n) is 5.02. The topological polar surface area (TPSA) is 128 Å². The Labute approximate surface area is 255 Å². The second-order valence-corrected chi connectivity index (χ2v) is 9.88. The molecule has 2 aliphatic rings. The number of hydrogen-bond acceptors (Lipinski definition) is 8. The Morgan fingerprint density at radius 3 is 2.79 bits per heavy atom. The van der Waals surface area contributed by atoms with E-state index in [-0.39, 0.29) is 34.5 Å². The maximum absolute atomic E-state index is 13.1. The first-order chi connectivity index (χ1) is 23.5. The van der Waals surface area contributed by atoms with Crippen molar-refractivity contribution in [3.05, 3.63) is 78.9 Å². The summed E-state index contributed by atoms with van der Waals surface area (Å²) in [6, 6.07) is 11.9. The average molecular weight is 575 g/mol. The molecule has 11 heteroatoms. The highest BCUT2D eigenvalue weighted by atomic mass is 16.5. The summed E-state index contributed by atoms with van der Waals surface area (Å²) >= 11 is 0. The number of likely N-dealkylation sites (tertiary alicyclic amines) is 1. The Hall–Kier alpha value is -4.61. The Morgan fingerprint density at radius 1 is 1.14 bits per heavy atom. The lowest BCUT2D eigenvalue weighted by molar-refractivity contribution is -0.117. The summed E-state index contributed by atoms with van der Waals surface area (Å²) in [6.45, 7) is -7.16. The van der Waals surface area contributed by atoms with Gasteiger partial charge < -0.3 is 25.3 Å². The molecule has 3 aromatic heterocycles. The summed E-state index contributed by atoms with van der Waals surface area (Å²) in [5.74, 6) is -0.980. The van der Waals surface area contributed by atoms with Crippen LogP contribution in [0.3, 0.4) is 0 Å². The van der Waals surface area contributed by atoms with E-state index in [0.717, 1.165) is 31.3 Å². The Bertz CT molecular complexity index is 1910. The number of H-pyrrole nitrogens is 1. The van der Waals surface area contributed by atoms with Crippen molar-refractivity contribution in [2.45, 2.75) is 25.4 Å². The van der Waals surface area contributed by atoms with Crippen molar-refractivity contribution in [3.63, 3.8) is 0 Å². The van der Waals surface area contributed by atoms with Crippen molar-refractivity contribution in [1.29, 1.82) is 0 Å². The molecule has 5 heterocycles. The van der Waals surface area contributed by atoms with Gasteiger partial charge in [-0.1, -0.05) is 18.7 Å². The van der Waals surface area contributed by atoms with Crippen LogP contribution in [0.2, 0.25) is 0 Å². The molecular formula is C31H34N8O3. The molecule has 0 spiro atoms. The largest absolute Gasteiger partial charge is 0.378 e. The molecule has 0 unspecified atom stereocenters. The lowest BCUT2D eigenvalue weighted by Crippen LogP contribution is -2.46. The number of pyridine rings is 1. The molecule has 6 rings (SSSR count). The van der Waals surface area contributed by atoms with Gasteiger partial charge in [0.05, 0.1) is 29.5 Å². The van der Waals surface area contributed by atoms with Gasteiger partial charge in [-0.25, -0.2) is 9.97 Å². The van der Waals surface area contributed by atoms with Gasteiger partial charge in [0.2, 0.25) is 5.91 Å². The van der Waals surface area contributed by atoms with E-state index in [2.05, 4.69) is 46.8 Å². The maximum Gasteiger partial charge on any atom is 0.274 e. The first-order valence-electron chi connectivity index (χ1n) is 17.4. The number of carbonyl (C=O) groups is 2. The van der Waals surface area contributed by atoms with Crippen molar-refractivity contribution in [3.8, 4) is 11.3 Å². The van der Waals surface area contributed by atoms with Crippen LogP contribution in [0.4, 0.5) is 11.5 Å². The summed E-state index contributed by atoms with van der Waals surface area (Å²) in [6.07, 6.45) is 5.71. The number of nitrogens with one attached hydrogen (secondary N) is 3. The van der Waals surface area contributed by atoms with Gasteiger partial charge in [-0.3, -0.25) is 19.5 Å². The van der Waals surface area contributed by atoms with E-state index in [1.165, 1.54) is 12.1 Å². The molecular weight excluding hydrogens is 532 g/mol. The zero-order valence-electron chi connectivity index (χ0n) is 30.6. The van der Waals surface area contributed by atoms with E-state index in [9.17, 15) is 9.59 Å². The lowest BCUT2D eigenvalue weighted by Gasteiger charge is -2.33. The summed E-state index contributed by atoms with van der Waals surface area (Å²) in [5, 5.41) is 5.90. The van der Waals surface area contributed by atoms with Crippen molar-refractivity contribution < 1.29 is 25.3 Å². The van der Waals surface area contributed by atoms with Gasteiger partial charge in [0.15, 0.2) is 0 Å². The second-order valence-electron chi connectivity index (χ2n) is 9.88.